The van der Waals surface area contributed by atoms with E-state index in [0.717, 1.165) is 26.1 Å². The molecule has 0 N–H and O–H groups in total. The first-order valence-electron chi connectivity index (χ1n) is 7.31. The van der Waals surface area contributed by atoms with Crippen molar-refractivity contribution in [3.8, 4) is 0 Å². The zero-order valence-corrected chi connectivity index (χ0v) is 11.3. The van der Waals surface area contributed by atoms with Crippen LogP contribution in [0.2, 0.25) is 0 Å². The SMILES string of the molecule is CCCCC=CCCCCOC1CCCCO1. The highest BCUT2D eigenvalue weighted by atomic mass is 16.7. The number of rotatable bonds is 9. The summed E-state index contributed by atoms with van der Waals surface area (Å²) in [5.41, 5.74) is 0. The van der Waals surface area contributed by atoms with E-state index in [0.29, 0.717) is 0 Å². The molecule has 1 unspecified atom stereocenters. The quantitative estimate of drug-likeness (QED) is 0.438. The van der Waals surface area contributed by atoms with Crippen LogP contribution in [0.5, 0.6) is 0 Å². The summed E-state index contributed by atoms with van der Waals surface area (Å²) < 4.78 is 11.2. The van der Waals surface area contributed by atoms with E-state index in [9.17, 15) is 0 Å². The molecule has 1 aliphatic heterocycles. The molecule has 2 nitrogen and oxygen atoms in total. The molecular weight excluding hydrogens is 212 g/mol. The Kier molecular flexibility index (Phi) is 9.34. The van der Waals surface area contributed by atoms with Crippen LogP contribution in [-0.2, 0) is 9.47 Å². The minimum Gasteiger partial charge on any atom is -0.353 e. The molecule has 0 aromatic carbocycles. The van der Waals surface area contributed by atoms with Gasteiger partial charge in [0.2, 0.25) is 0 Å². The average Bonchev–Trinajstić information content (AvgIpc) is 2.38. The molecule has 1 aliphatic rings. The fraction of sp³-hybridized carbons (Fsp3) is 0.867. The predicted molar refractivity (Wildman–Crippen MR) is 72.1 cm³/mol. The Morgan fingerprint density at radius 3 is 2.65 bits per heavy atom. The van der Waals surface area contributed by atoms with Crippen molar-refractivity contribution in [2.75, 3.05) is 13.2 Å². The normalized spacial score (nSPS) is 21.1. The smallest absolute Gasteiger partial charge is 0.157 e. The third-order valence-corrected chi connectivity index (χ3v) is 3.10. The molecule has 0 radical (unpaired) electrons. The van der Waals surface area contributed by atoms with Gasteiger partial charge in [0.05, 0.1) is 0 Å². The van der Waals surface area contributed by atoms with Gasteiger partial charge in [0.1, 0.15) is 0 Å². The summed E-state index contributed by atoms with van der Waals surface area (Å²) in [6.45, 7) is 3.97. The number of allylic oxidation sites excluding steroid dienone is 2. The topological polar surface area (TPSA) is 18.5 Å². The van der Waals surface area contributed by atoms with E-state index in [-0.39, 0.29) is 6.29 Å². The van der Waals surface area contributed by atoms with Crippen LogP contribution in [0, 0.1) is 0 Å². The van der Waals surface area contributed by atoms with Gasteiger partial charge in [-0.15, -0.1) is 0 Å². The lowest BCUT2D eigenvalue weighted by Crippen LogP contribution is -2.22. The second kappa shape index (κ2) is 10.8. The second-order valence-electron chi connectivity index (χ2n) is 4.78. The Bertz CT molecular complexity index is 183. The highest BCUT2D eigenvalue weighted by molar-refractivity contribution is 4.81. The summed E-state index contributed by atoms with van der Waals surface area (Å²) in [5, 5.41) is 0. The Morgan fingerprint density at radius 2 is 1.94 bits per heavy atom. The van der Waals surface area contributed by atoms with E-state index < -0.39 is 0 Å². The summed E-state index contributed by atoms with van der Waals surface area (Å²) in [5.74, 6) is 0. The number of hydrogen-bond donors (Lipinski definition) is 0. The van der Waals surface area contributed by atoms with Crippen molar-refractivity contribution in [3.05, 3.63) is 12.2 Å². The maximum atomic E-state index is 5.68. The molecule has 2 heteroatoms. The largest absolute Gasteiger partial charge is 0.353 e. The van der Waals surface area contributed by atoms with E-state index in [4.69, 9.17) is 9.47 Å². The molecule has 1 rings (SSSR count). The van der Waals surface area contributed by atoms with E-state index >= 15 is 0 Å². The molecule has 0 aromatic heterocycles. The van der Waals surface area contributed by atoms with Crippen molar-refractivity contribution in [1.29, 1.82) is 0 Å². The van der Waals surface area contributed by atoms with Gasteiger partial charge < -0.3 is 9.47 Å². The molecule has 0 saturated carbocycles. The van der Waals surface area contributed by atoms with Crippen molar-refractivity contribution < 1.29 is 9.47 Å². The molecule has 1 saturated heterocycles. The summed E-state index contributed by atoms with van der Waals surface area (Å²) in [6.07, 6.45) is 15.7. The van der Waals surface area contributed by atoms with Gasteiger partial charge in [0, 0.05) is 13.2 Å². The Hall–Kier alpha value is -0.340. The van der Waals surface area contributed by atoms with Gasteiger partial charge in [-0.1, -0.05) is 31.9 Å². The molecule has 1 heterocycles. The Balaban J connectivity index is 1.82. The van der Waals surface area contributed by atoms with Gasteiger partial charge >= 0.3 is 0 Å². The van der Waals surface area contributed by atoms with Gasteiger partial charge in [-0.2, -0.15) is 0 Å². The van der Waals surface area contributed by atoms with Gasteiger partial charge in [0.25, 0.3) is 0 Å². The first-order valence-corrected chi connectivity index (χ1v) is 7.31. The van der Waals surface area contributed by atoms with Crippen molar-refractivity contribution in [2.45, 2.75) is 71.0 Å². The molecule has 17 heavy (non-hydrogen) atoms. The standard InChI is InChI=1S/C15H28O2/c1-2-3-4-5-6-7-8-10-13-16-15-12-9-11-14-17-15/h5-6,15H,2-4,7-14H2,1H3. The molecule has 0 aliphatic carbocycles. The van der Waals surface area contributed by atoms with E-state index in [1.807, 2.05) is 0 Å². The van der Waals surface area contributed by atoms with Crippen LogP contribution in [0.3, 0.4) is 0 Å². The predicted octanol–water partition coefficient (Wildman–Crippen LogP) is 4.45. The summed E-state index contributed by atoms with van der Waals surface area (Å²) in [4.78, 5) is 0. The minimum atomic E-state index is 0.0869. The first-order chi connectivity index (χ1) is 8.43. The van der Waals surface area contributed by atoms with Gasteiger partial charge in [0.15, 0.2) is 6.29 Å². The summed E-state index contributed by atoms with van der Waals surface area (Å²) in [6, 6.07) is 0. The van der Waals surface area contributed by atoms with E-state index in [2.05, 4.69) is 19.1 Å². The van der Waals surface area contributed by atoms with Gasteiger partial charge in [-0.05, 0) is 44.9 Å². The third-order valence-electron chi connectivity index (χ3n) is 3.10. The summed E-state index contributed by atoms with van der Waals surface area (Å²) in [7, 11) is 0. The monoisotopic (exact) mass is 240 g/mol. The van der Waals surface area contributed by atoms with E-state index in [1.165, 1.54) is 44.9 Å². The van der Waals surface area contributed by atoms with Crippen LogP contribution in [0.1, 0.15) is 64.7 Å². The van der Waals surface area contributed by atoms with Crippen LogP contribution in [0.15, 0.2) is 12.2 Å². The molecule has 100 valence electrons. The highest BCUT2D eigenvalue weighted by Gasteiger charge is 2.12. The highest BCUT2D eigenvalue weighted by Crippen LogP contribution is 2.14. The molecule has 0 aromatic rings. The van der Waals surface area contributed by atoms with Crippen molar-refractivity contribution in [3.63, 3.8) is 0 Å². The number of unbranched alkanes of at least 4 members (excludes halogenated alkanes) is 4. The van der Waals surface area contributed by atoms with Crippen LogP contribution in [0.25, 0.3) is 0 Å². The molecule has 0 amide bonds. The third kappa shape index (κ3) is 8.39. The maximum absolute atomic E-state index is 5.68. The molecule has 1 atom stereocenters. The maximum Gasteiger partial charge on any atom is 0.157 e. The molecule has 1 fully saturated rings. The van der Waals surface area contributed by atoms with Crippen LogP contribution >= 0.6 is 0 Å². The molecule has 0 spiro atoms. The van der Waals surface area contributed by atoms with Crippen LogP contribution < -0.4 is 0 Å². The number of hydrogen-bond acceptors (Lipinski definition) is 2. The first kappa shape index (κ1) is 14.7. The molecular formula is C15H28O2. The van der Waals surface area contributed by atoms with Gasteiger partial charge in [-0.25, -0.2) is 0 Å². The van der Waals surface area contributed by atoms with Gasteiger partial charge in [-0.3, -0.25) is 0 Å². The average molecular weight is 240 g/mol. The lowest BCUT2D eigenvalue weighted by molar-refractivity contribution is -0.162. The Labute approximate surface area is 106 Å². The van der Waals surface area contributed by atoms with Crippen molar-refractivity contribution in [1.82, 2.24) is 0 Å². The lowest BCUT2D eigenvalue weighted by atomic mass is 10.2. The zero-order valence-electron chi connectivity index (χ0n) is 11.3. The summed E-state index contributed by atoms with van der Waals surface area (Å²) >= 11 is 0. The van der Waals surface area contributed by atoms with Crippen LogP contribution in [-0.4, -0.2) is 19.5 Å². The minimum absolute atomic E-state index is 0.0869. The van der Waals surface area contributed by atoms with Crippen molar-refractivity contribution >= 4 is 0 Å². The molecule has 0 bridgehead atoms. The number of ether oxygens (including phenoxy) is 2. The lowest BCUT2D eigenvalue weighted by Gasteiger charge is -2.22. The van der Waals surface area contributed by atoms with Crippen LogP contribution in [0.4, 0.5) is 0 Å². The fourth-order valence-corrected chi connectivity index (χ4v) is 1.98. The second-order valence-corrected chi connectivity index (χ2v) is 4.78. The van der Waals surface area contributed by atoms with E-state index in [1.54, 1.807) is 0 Å². The Morgan fingerprint density at radius 1 is 1.12 bits per heavy atom. The van der Waals surface area contributed by atoms with Crippen molar-refractivity contribution in [2.24, 2.45) is 0 Å². The zero-order chi connectivity index (χ0) is 12.2. The fourth-order valence-electron chi connectivity index (χ4n) is 1.98.